The molecule has 1 saturated carbocycles. The molecule has 16 heavy (non-hydrogen) atoms. The third kappa shape index (κ3) is 2.74. The van der Waals surface area contributed by atoms with Crippen LogP contribution >= 0.6 is 11.6 Å². The first kappa shape index (κ1) is 13.5. The maximum Gasteiger partial charge on any atom is 0.316 e. The molecular weight excluding hydrogens is 232 g/mol. The Morgan fingerprint density at radius 3 is 2.75 bits per heavy atom. The topological polar surface area (TPSA) is 52.6 Å². The van der Waals surface area contributed by atoms with Crippen molar-refractivity contribution in [1.29, 1.82) is 0 Å². The lowest BCUT2D eigenvalue weighted by atomic mass is 9.98. The van der Waals surface area contributed by atoms with Crippen molar-refractivity contribution in [3.63, 3.8) is 0 Å². The predicted octanol–water partition coefficient (Wildman–Crippen LogP) is 1.40. The first-order valence-corrected chi connectivity index (χ1v) is 5.98. The number of carbonyl (C=O) groups is 2. The number of hydrogen-bond acceptors (Lipinski definition) is 4. The van der Waals surface area contributed by atoms with Crippen molar-refractivity contribution in [3.05, 3.63) is 0 Å². The Morgan fingerprint density at radius 2 is 2.25 bits per heavy atom. The van der Waals surface area contributed by atoms with Crippen molar-refractivity contribution in [2.24, 2.45) is 11.8 Å². The second-order valence-corrected chi connectivity index (χ2v) is 4.13. The van der Waals surface area contributed by atoms with Crippen LogP contribution in [-0.2, 0) is 19.1 Å². The first-order valence-electron chi connectivity index (χ1n) is 5.44. The van der Waals surface area contributed by atoms with Gasteiger partial charge in [0.2, 0.25) is 0 Å². The molecule has 0 amide bonds. The van der Waals surface area contributed by atoms with Crippen LogP contribution in [-0.4, -0.2) is 37.5 Å². The molecule has 0 spiro atoms. The molecule has 0 heterocycles. The average Bonchev–Trinajstić information content (AvgIpc) is 2.63. The van der Waals surface area contributed by atoms with Gasteiger partial charge < -0.3 is 9.47 Å². The molecule has 1 aliphatic rings. The summed E-state index contributed by atoms with van der Waals surface area (Å²) in [5.41, 5.74) is 0. The predicted molar refractivity (Wildman–Crippen MR) is 59.4 cm³/mol. The number of Topliss-reactive ketones (excluding diaryl/α,β-unsaturated/α-hetero) is 1. The van der Waals surface area contributed by atoms with Crippen LogP contribution in [0.4, 0.5) is 0 Å². The summed E-state index contributed by atoms with van der Waals surface area (Å²) < 4.78 is 9.99. The molecule has 3 atom stereocenters. The van der Waals surface area contributed by atoms with Gasteiger partial charge in [0.25, 0.3) is 0 Å². The molecule has 0 aliphatic heterocycles. The van der Waals surface area contributed by atoms with Gasteiger partial charge in [0.15, 0.2) is 5.78 Å². The number of esters is 1. The van der Waals surface area contributed by atoms with Gasteiger partial charge in [0.1, 0.15) is 5.92 Å². The summed E-state index contributed by atoms with van der Waals surface area (Å²) in [7, 11) is 1.53. The van der Waals surface area contributed by atoms with E-state index in [4.69, 9.17) is 21.1 Å². The Balaban J connectivity index is 2.63. The van der Waals surface area contributed by atoms with Crippen LogP contribution in [0.5, 0.6) is 0 Å². The van der Waals surface area contributed by atoms with Crippen LogP contribution < -0.4 is 0 Å². The van der Waals surface area contributed by atoms with Crippen molar-refractivity contribution in [2.45, 2.75) is 25.9 Å². The van der Waals surface area contributed by atoms with E-state index < -0.39 is 11.9 Å². The van der Waals surface area contributed by atoms with Gasteiger partial charge in [-0.2, -0.15) is 0 Å². The van der Waals surface area contributed by atoms with E-state index in [2.05, 4.69) is 0 Å². The van der Waals surface area contributed by atoms with E-state index >= 15 is 0 Å². The lowest BCUT2D eigenvalue weighted by Gasteiger charge is -2.18. The van der Waals surface area contributed by atoms with E-state index in [1.165, 1.54) is 7.11 Å². The van der Waals surface area contributed by atoms with Crippen molar-refractivity contribution in [1.82, 2.24) is 0 Å². The summed E-state index contributed by atoms with van der Waals surface area (Å²) in [4.78, 5) is 23.4. The summed E-state index contributed by atoms with van der Waals surface area (Å²) in [5, 5.41) is 0. The zero-order chi connectivity index (χ0) is 12.1. The molecule has 1 unspecified atom stereocenters. The summed E-state index contributed by atoms with van der Waals surface area (Å²) in [6.45, 7) is 2.03. The van der Waals surface area contributed by atoms with Gasteiger partial charge in [0, 0.05) is 18.9 Å². The van der Waals surface area contributed by atoms with Crippen molar-refractivity contribution in [2.75, 3.05) is 19.6 Å². The maximum absolute atomic E-state index is 11.9. The highest BCUT2D eigenvalue weighted by molar-refractivity contribution is 6.18. The highest BCUT2D eigenvalue weighted by atomic mass is 35.5. The van der Waals surface area contributed by atoms with Gasteiger partial charge in [-0.25, -0.2) is 0 Å². The summed E-state index contributed by atoms with van der Waals surface area (Å²) in [6, 6.07) is 0. The van der Waals surface area contributed by atoms with E-state index in [9.17, 15) is 9.59 Å². The number of ether oxygens (including phenoxy) is 2. The van der Waals surface area contributed by atoms with Crippen LogP contribution in [0, 0.1) is 11.8 Å². The summed E-state index contributed by atoms with van der Waals surface area (Å²) in [5.74, 6) is -1.13. The second kappa shape index (κ2) is 6.21. The Kier molecular flexibility index (Phi) is 5.22. The van der Waals surface area contributed by atoms with Crippen molar-refractivity contribution >= 4 is 23.4 Å². The number of ketones is 1. The largest absolute Gasteiger partial charge is 0.465 e. The molecule has 0 aromatic carbocycles. The van der Waals surface area contributed by atoms with Crippen molar-refractivity contribution < 1.29 is 19.1 Å². The number of hydrogen-bond donors (Lipinski definition) is 0. The third-order valence-corrected chi connectivity index (χ3v) is 3.25. The van der Waals surface area contributed by atoms with Crippen LogP contribution in [0.1, 0.15) is 19.8 Å². The van der Waals surface area contributed by atoms with E-state index in [1.807, 2.05) is 0 Å². The minimum atomic E-state index is -0.620. The Bertz CT molecular complexity index is 263. The lowest BCUT2D eigenvalue weighted by molar-refractivity contribution is -0.151. The van der Waals surface area contributed by atoms with Gasteiger partial charge in [-0.3, -0.25) is 9.59 Å². The van der Waals surface area contributed by atoms with Gasteiger partial charge >= 0.3 is 5.97 Å². The quantitative estimate of drug-likeness (QED) is 0.419. The average molecular weight is 249 g/mol. The zero-order valence-corrected chi connectivity index (χ0v) is 10.3. The van der Waals surface area contributed by atoms with Crippen LogP contribution in [0.3, 0.4) is 0 Å². The fourth-order valence-corrected chi connectivity index (χ4v) is 2.41. The number of methoxy groups -OCH3 is 1. The van der Waals surface area contributed by atoms with Crippen LogP contribution in [0.15, 0.2) is 0 Å². The Morgan fingerprint density at radius 1 is 1.56 bits per heavy atom. The molecule has 0 aromatic rings. The Hall–Kier alpha value is -0.610. The molecule has 1 rings (SSSR count). The molecule has 0 bridgehead atoms. The smallest absolute Gasteiger partial charge is 0.316 e. The third-order valence-electron chi connectivity index (χ3n) is 2.95. The standard InChI is InChI=1S/C11H17ClO4/c1-3-16-11(14)8-5-4-7(10(8)13)9(6-12)15-2/h7-9H,3-6H2,1-2H3/t7-,8?,9-/m1/s1. The van der Waals surface area contributed by atoms with E-state index in [1.54, 1.807) is 6.92 Å². The first-order chi connectivity index (χ1) is 7.65. The molecule has 5 heteroatoms. The minimum Gasteiger partial charge on any atom is -0.465 e. The molecule has 0 aromatic heterocycles. The minimum absolute atomic E-state index is 0.0917. The fourth-order valence-electron chi connectivity index (χ4n) is 2.07. The highest BCUT2D eigenvalue weighted by Gasteiger charge is 2.43. The fraction of sp³-hybridized carbons (Fsp3) is 0.818. The summed E-state index contributed by atoms with van der Waals surface area (Å²) >= 11 is 5.71. The van der Waals surface area contributed by atoms with E-state index in [0.717, 1.165) is 0 Å². The summed E-state index contributed by atoms with van der Waals surface area (Å²) in [6.07, 6.45) is 0.890. The van der Waals surface area contributed by atoms with E-state index in [0.29, 0.717) is 19.4 Å². The Labute approximate surface area is 100 Å². The van der Waals surface area contributed by atoms with Gasteiger partial charge in [-0.05, 0) is 19.8 Å². The van der Waals surface area contributed by atoms with Crippen LogP contribution in [0.25, 0.3) is 0 Å². The molecular formula is C11H17ClO4. The number of halogens is 1. The van der Waals surface area contributed by atoms with Crippen molar-refractivity contribution in [3.8, 4) is 0 Å². The van der Waals surface area contributed by atoms with Gasteiger partial charge in [-0.1, -0.05) is 0 Å². The van der Waals surface area contributed by atoms with Gasteiger partial charge in [0.05, 0.1) is 12.7 Å². The number of carbonyl (C=O) groups excluding carboxylic acids is 2. The molecule has 0 N–H and O–H groups in total. The normalized spacial score (nSPS) is 26.8. The molecule has 1 aliphatic carbocycles. The monoisotopic (exact) mass is 248 g/mol. The van der Waals surface area contributed by atoms with E-state index in [-0.39, 0.29) is 23.7 Å². The molecule has 92 valence electrons. The number of rotatable bonds is 5. The second-order valence-electron chi connectivity index (χ2n) is 3.82. The maximum atomic E-state index is 11.9. The molecule has 1 fully saturated rings. The molecule has 0 saturated heterocycles. The zero-order valence-electron chi connectivity index (χ0n) is 9.57. The highest BCUT2D eigenvalue weighted by Crippen LogP contribution is 2.32. The van der Waals surface area contributed by atoms with Crippen LogP contribution in [0.2, 0.25) is 0 Å². The lowest BCUT2D eigenvalue weighted by Crippen LogP contribution is -2.32. The molecule has 0 radical (unpaired) electrons. The van der Waals surface area contributed by atoms with Gasteiger partial charge in [-0.15, -0.1) is 11.6 Å². The molecule has 4 nitrogen and oxygen atoms in total. The SMILES string of the molecule is CCOC(=O)C1CC[C@H]([C@@H](CCl)OC)C1=O. The number of alkyl halides is 1.